The van der Waals surface area contributed by atoms with Crippen LogP contribution < -0.4 is 10.0 Å². The molecule has 2 rings (SSSR count). The molecule has 0 fully saturated rings. The second kappa shape index (κ2) is 7.74. The van der Waals surface area contributed by atoms with E-state index in [1.165, 1.54) is 0 Å². The third-order valence-electron chi connectivity index (χ3n) is 3.24. The highest BCUT2D eigenvalue weighted by atomic mass is 35.5. The summed E-state index contributed by atoms with van der Waals surface area (Å²) in [4.78, 5) is 12.2. The molecule has 0 saturated heterocycles. The van der Waals surface area contributed by atoms with E-state index >= 15 is 0 Å². The van der Waals surface area contributed by atoms with Crippen molar-refractivity contribution in [2.45, 2.75) is 24.3 Å². The number of sulfonamides is 1. The number of halogens is 2. The molecule has 0 aromatic heterocycles. The van der Waals surface area contributed by atoms with E-state index in [4.69, 9.17) is 11.6 Å². The maximum absolute atomic E-state index is 12.9. The van der Waals surface area contributed by atoms with E-state index in [1.807, 2.05) is 0 Å². The highest BCUT2D eigenvalue weighted by Gasteiger charge is 2.24. The third-order valence-corrected chi connectivity index (χ3v) is 4.96. The van der Waals surface area contributed by atoms with Crippen LogP contribution in [-0.2, 0) is 14.8 Å². The van der Waals surface area contributed by atoms with Crippen molar-refractivity contribution >= 4 is 33.2 Å². The Morgan fingerprint density at radius 1 is 1.21 bits per heavy atom. The molecule has 2 aromatic rings. The summed E-state index contributed by atoms with van der Waals surface area (Å²) in [6.07, 6.45) is 0.243. The minimum atomic E-state index is -3.94. The molecule has 0 aliphatic rings. The molecule has 0 spiro atoms. The molecule has 2 N–H and O–H groups in total. The van der Waals surface area contributed by atoms with E-state index in [1.54, 1.807) is 31.2 Å². The van der Waals surface area contributed by atoms with Gasteiger partial charge in [-0.05, 0) is 48.9 Å². The maximum atomic E-state index is 12.9. The fourth-order valence-electron chi connectivity index (χ4n) is 1.99. The number of carbonyl (C=O) groups is 1. The van der Waals surface area contributed by atoms with Crippen molar-refractivity contribution in [1.82, 2.24) is 4.72 Å². The van der Waals surface area contributed by atoms with Gasteiger partial charge in [-0.2, -0.15) is 4.72 Å². The zero-order chi connectivity index (χ0) is 17.7. The highest BCUT2D eigenvalue weighted by molar-refractivity contribution is 7.89. The first-order chi connectivity index (χ1) is 11.3. The predicted octanol–water partition coefficient (Wildman–Crippen LogP) is 3.17. The first-order valence-corrected chi connectivity index (χ1v) is 9.02. The molecular formula is C16H16ClFN2O3S. The van der Waals surface area contributed by atoms with Gasteiger partial charge < -0.3 is 5.32 Å². The van der Waals surface area contributed by atoms with Crippen LogP contribution in [0.4, 0.5) is 10.1 Å². The van der Waals surface area contributed by atoms with Crippen molar-refractivity contribution in [2.75, 3.05) is 5.32 Å². The lowest BCUT2D eigenvalue weighted by atomic mass is 10.2. The van der Waals surface area contributed by atoms with Crippen LogP contribution in [0.1, 0.15) is 13.3 Å². The topological polar surface area (TPSA) is 75.3 Å². The van der Waals surface area contributed by atoms with E-state index in [0.29, 0.717) is 10.7 Å². The Bertz CT molecular complexity index is 825. The van der Waals surface area contributed by atoms with Gasteiger partial charge >= 0.3 is 0 Å². The summed E-state index contributed by atoms with van der Waals surface area (Å²) < 4.78 is 39.8. The van der Waals surface area contributed by atoms with Crippen LogP contribution in [-0.4, -0.2) is 20.4 Å². The molecule has 0 bridgehead atoms. The van der Waals surface area contributed by atoms with Crippen LogP contribution >= 0.6 is 11.6 Å². The Labute approximate surface area is 144 Å². The van der Waals surface area contributed by atoms with Crippen LogP contribution in [0.3, 0.4) is 0 Å². The minimum absolute atomic E-state index is 0.113. The van der Waals surface area contributed by atoms with Crippen molar-refractivity contribution in [1.29, 1.82) is 0 Å². The Morgan fingerprint density at radius 3 is 2.46 bits per heavy atom. The summed E-state index contributed by atoms with van der Waals surface area (Å²) in [7, 11) is -3.94. The Kier molecular flexibility index (Phi) is 5.93. The van der Waals surface area contributed by atoms with E-state index in [9.17, 15) is 17.6 Å². The van der Waals surface area contributed by atoms with Crippen molar-refractivity contribution < 1.29 is 17.6 Å². The summed E-state index contributed by atoms with van der Waals surface area (Å²) in [5, 5.41) is 3.06. The lowest BCUT2D eigenvalue weighted by Crippen LogP contribution is -2.43. The minimum Gasteiger partial charge on any atom is -0.325 e. The van der Waals surface area contributed by atoms with Gasteiger partial charge in [0.1, 0.15) is 11.9 Å². The fourth-order valence-corrected chi connectivity index (χ4v) is 3.46. The summed E-state index contributed by atoms with van der Waals surface area (Å²) in [5.41, 5.74) is 0.465. The summed E-state index contributed by atoms with van der Waals surface area (Å²) >= 11 is 5.85. The van der Waals surface area contributed by atoms with Crippen LogP contribution in [0.25, 0.3) is 0 Å². The standard InChI is InChI=1S/C16H16ClFN2O3S/c1-2-15(16(21)19-13-5-3-4-11(17)10-13)20-24(22,23)14-8-6-12(18)7-9-14/h3-10,15,20H,2H2,1H3,(H,19,21). The van der Waals surface area contributed by atoms with E-state index < -0.39 is 27.8 Å². The number of rotatable bonds is 6. The number of carbonyl (C=O) groups excluding carboxylic acids is 1. The van der Waals surface area contributed by atoms with Gasteiger partial charge in [-0.25, -0.2) is 12.8 Å². The van der Waals surface area contributed by atoms with Crippen molar-refractivity contribution in [2.24, 2.45) is 0 Å². The number of benzene rings is 2. The fraction of sp³-hybridized carbons (Fsp3) is 0.188. The number of hydrogen-bond donors (Lipinski definition) is 2. The zero-order valence-electron chi connectivity index (χ0n) is 12.8. The zero-order valence-corrected chi connectivity index (χ0v) is 14.4. The van der Waals surface area contributed by atoms with Gasteiger partial charge in [-0.15, -0.1) is 0 Å². The first-order valence-electron chi connectivity index (χ1n) is 7.16. The average molecular weight is 371 g/mol. The van der Waals surface area contributed by atoms with E-state index in [2.05, 4.69) is 10.0 Å². The van der Waals surface area contributed by atoms with Crippen LogP contribution in [0.2, 0.25) is 5.02 Å². The molecule has 8 heteroatoms. The summed E-state index contributed by atoms with van der Waals surface area (Å²) in [6.45, 7) is 1.68. The summed E-state index contributed by atoms with van der Waals surface area (Å²) in [6, 6.07) is 9.92. The number of hydrogen-bond acceptors (Lipinski definition) is 3. The molecule has 0 saturated carbocycles. The Balaban J connectivity index is 2.13. The molecule has 1 unspecified atom stereocenters. The molecule has 0 aliphatic heterocycles. The number of nitrogens with one attached hydrogen (secondary N) is 2. The Hall–Kier alpha value is -1.96. The quantitative estimate of drug-likeness (QED) is 0.820. The molecule has 24 heavy (non-hydrogen) atoms. The maximum Gasteiger partial charge on any atom is 0.242 e. The van der Waals surface area contributed by atoms with Crippen molar-refractivity contribution in [3.63, 3.8) is 0 Å². The normalized spacial score (nSPS) is 12.6. The monoisotopic (exact) mass is 370 g/mol. The van der Waals surface area contributed by atoms with Gasteiger partial charge in [0.15, 0.2) is 0 Å². The van der Waals surface area contributed by atoms with Gasteiger partial charge in [0.2, 0.25) is 15.9 Å². The summed E-state index contributed by atoms with van der Waals surface area (Å²) in [5.74, 6) is -1.05. The molecule has 128 valence electrons. The van der Waals surface area contributed by atoms with Gasteiger partial charge in [0, 0.05) is 10.7 Å². The van der Waals surface area contributed by atoms with Crippen LogP contribution in [0.15, 0.2) is 53.4 Å². The number of anilines is 1. The second-order valence-electron chi connectivity index (χ2n) is 5.04. The van der Waals surface area contributed by atoms with Gasteiger partial charge in [-0.3, -0.25) is 4.79 Å². The van der Waals surface area contributed by atoms with Crippen molar-refractivity contribution in [3.8, 4) is 0 Å². The molecule has 2 aromatic carbocycles. The lowest BCUT2D eigenvalue weighted by Gasteiger charge is -2.17. The third kappa shape index (κ3) is 4.77. The van der Waals surface area contributed by atoms with Crippen LogP contribution in [0.5, 0.6) is 0 Å². The SMILES string of the molecule is CCC(NS(=O)(=O)c1ccc(F)cc1)C(=O)Nc1cccc(Cl)c1. The van der Waals surface area contributed by atoms with E-state index in [0.717, 1.165) is 24.3 Å². The van der Waals surface area contributed by atoms with Crippen LogP contribution in [0, 0.1) is 5.82 Å². The largest absolute Gasteiger partial charge is 0.325 e. The Morgan fingerprint density at radius 2 is 1.88 bits per heavy atom. The predicted molar refractivity (Wildman–Crippen MR) is 90.9 cm³/mol. The average Bonchev–Trinajstić information content (AvgIpc) is 2.53. The highest BCUT2D eigenvalue weighted by Crippen LogP contribution is 2.16. The van der Waals surface area contributed by atoms with Gasteiger partial charge in [0.05, 0.1) is 4.90 Å². The number of amides is 1. The first kappa shape index (κ1) is 18.4. The van der Waals surface area contributed by atoms with Crippen molar-refractivity contribution in [3.05, 3.63) is 59.4 Å². The smallest absolute Gasteiger partial charge is 0.242 e. The second-order valence-corrected chi connectivity index (χ2v) is 7.19. The lowest BCUT2D eigenvalue weighted by molar-refractivity contribution is -0.117. The molecule has 1 amide bonds. The van der Waals surface area contributed by atoms with E-state index in [-0.39, 0.29) is 11.3 Å². The molecule has 0 radical (unpaired) electrons. The molecule has 0 heterocycles. The molecular weight excluding hydrogens is 355 g/mol. The molecule has 1 atom stereocenters. The van der Waals surface area contributed by atoms with Gasteiger partial charge in [0.25, 0.3) is 0 Å². The molecule has 0 aliphatic carbocycles. The molecule has 5 nitrogen and oxygen atoms in total. The van der Waals surface area contributed by atoms with Gasteiger partial charge in [-0.1, -0.05) is 24.6 Å².